The first-order chi connectivity index (χ1) is 12.6. The summed E-state index contributed by atoms with van der Waals surface area (Å²) in [5.74, 6) is 0.517. The molecule has 0 heterocycles. The molecule has 0 radical (unpaired) electrons. The van der Waals surface area contributed by atoms with Crippen LogP contribution in [0.15, 0.2) is 4.99 Å². The van der Waals surface area contributed by atoms with Gasteiger partial charge in [-0.3, -0.25) is 4.79 Å². The van der Waals surface area contributed by atoms with Crippen molar-refractivity contribution in [3.8, 4) is 0 Å². The quantitative estimate of drug-likeness (QED) is 0.395. The number of carbonyl (C=O) groups is 2. The van der Waals surface area contributed by atoms with Gasteiger partial charge in [0.05, 0.1) is 0 Å². The number of alkyl carbamates (subject to hydrolysis) is 1. The second kappa shape index (κ2) is 13.2. The normalized spacial score (nSPS) is 12.9. The van der Waals surface area contributed by atoms with Gasteiger partial charge < -0.3 is 25.6 Å². The number of nitrogens with one attached hydrogen (secondary N) is 3. The molecule has 0 aromatic heterocycles. The van der Waals surface area contributed by atoms with Crippen molar-refractivity contribution in [2.75, 3.05) is 33.7 Å². The second-order valence-corrected chi connectivity index (χ2v) is 7.75. The first-order valence-electron chi connectivity index (χ1n) is 9.80. The van der Waals surface area contributed by atoms with E-state index < -0.39 is 11.7 Å². The summed E-state index contributed by atoms with van der Waals surface area (Å²) in [6, 6.07) is -0.00460. The van der Waals surface area contributed by atoms with Crippen molar-refractivity contribution < 1.29 is 14.3 Å². The number of guanidine groups is 1. The van der Waals surface area contributed by atoms with E-state index in [2.05, 4.69) is 34.8 Å². The number of hydrogen-bond donors (Lipinski definition) is 3. The summed E-state index contributed by atoms with van der Waals surface area (Å²) in [6.45, 7) is 10.9. The zero-order valence-electron chi connectivity index (χ0n) is 18.1. The third-order valence-corrected chi connectivity index (χ3v) is 3.55. The maximum atomic E-state index is 11.9. The van der Waals surface area contributed by atoms with Gasteiger partial charge in [-0.15, -0.1) is 0 Å². The molecule has 158 valence electrons. The van der Waals surface area contributed by atoms with E-state index in [1.54, 1.807) is 14.1 Å². The molecule has 8 heteroatoms. The topological polar surface area (TPSA) is 95.1 Å². The highest BCUT2D eigenvalue weighted by Crippen LogP contribution is 2.07. The van der Waals surface area contributed by atoms with Crippen LogP contribution in [0, 0.1) is 0 Å². The summed E-state index contributed by atoms with van der Waals surface area (Å²) < 4.78 is 5.29. The zero-order chi connectivity index (χ0) is 20.9. The van der Waals surface area contributed by atoms with Crippen molar-refractivity contribution in [2.45, 2.75) is 71.9 Å². The molecule has 0 rings (SSSR count). The lowest BCUT2D eigenvalue weighted by Crippen LogP contribution is -2.49. The van der Waals surface area contributed by atoms with Crippen molar-refractivity contribution in [1.29, 1.82) is 0 Å². The summed E-state index contributed by atoms with van der Waals surface area (Å²) in [7, 11) is 3.42. The number of rotatable bonds is 10. The van der Waals surface area contributed by atoms with Crippen LogP contribution in [0.25, 0.3) is 0 Å². The first kappa shape index (κ1) is 25.0. The smallest absolute Gasteiger partial charge is 0.407 e. The van der Waals surface area contributed by atoms with Gasteiger partial charge in [-0.1, -0.05) is 26.7 Å². The molecule has 0 spiro atoms. The summed E-state index contributed by atoms with van der Waals surface area (Å²) in [5.41, 5.74) is -0.529. The van der Waals surface area contributed by atoms with Crippen LogP contribution in [0.4, 0.5) is 4.79 Å². The lowest BCUT2D eigenvalue weighted by atomic mass is 10.1. The minimum Gasteiger partial charge on any atom is -0.444 e. The largest absolute Gasteiger partial charge is 0.444 e. The van der Waals surface area contributed by atoms with Crippen LogP contribution < -0.4 is 16.0 Å². The summed E-state index contributed by atoms with van der Waals surface area (Å²) in [5, 5.41) is 9.37. The van der Waals surface area contributed by atoms with E-state index in [1.807, 2.05) is 20.8 Å². The maximum absolute atomic E-state index is 11.9. The molecule has 0 saturated carbocycles. The van der Waals surface area contributed by atoms with Crippen molar-refractivity contribution in [3.05, 3.63) is 0 Å². The molecule has 0 bridgehead atoms. The Morgan fingerprint density at radius 1 is 1.11 bits per heavy atom. The van der Waals surface area contributed by atoms with E-state index >= 15 is 0 Å². The number of nitrogens with zero attached hydrogens (tertiary/aromatic N) is 2. The summed E-state index contributed by atoms with van der Waals surface area (Å²) >= 11 is 0. The van der Waals surface area contributed by atoms with Gasteiger partial charge in [0, 0.05) is 33.2 Å². The molecule has 2 amide bonds. The molecule has 0 aromatic carbocycles. The van der Waals surface area contributed by atoms with Crippen LogP contribution in [0.2, 0.25) is 0 Å². The molecule has 0 aliphatic carbocycles. The first-order valence-corrected chi connectivity index (χ1v) is 9.80. The van der Waals surface area contributed by atoms with E-state index in [0.29, 0.717) is 12.5 Å². The Morgan fingerprint density at radius 2 is 1.78 bits per heavy atom. The summed E-state index contributed by atoms with van der Waals surface area (Å²) in [4.78, 5) is 29.6. The Hall–Kier alpha value is -1.99. The monoisotopic (exact) mass is 385 g/mol. The third kappa shape index (κ3) is 13.8. The highest BCUT2D eigenvalue weighted by atomic mass is 16.6. The zero-order valence-corrected chi connectivity index (χ0v) is 18.1. The standard InChI is InChI=1S/C19H39N5O3/c1-8-10-11-15(13-22-18(26)27-19(3,4)5)23-17(20-12-9-2)21-14-16(25)24(6)7/h15H,8-14H2,1-7H3,(H,22,26)(H2,20,21,23). The van der Waals surface area contributed by atoms with Crippen LogP contribution in [0.3, 0.4) is 0 Å². The maximum Gasteiger partial charge on any atom is 0.407 e. The fraction of sp³-hybridized carbons (Fsp3) is 0.842. The van der Waals surface area contributed by atoms with Crippen molar-refractivity contribution >= 4 is 18.0 Å². The lowest BCUT2D eigenvalue weighted by molar-refractivity contribution is -0.127. The molecule has 8 nitrogen and oxygen atoms in total. The van der Waals surface area contributed by atoms with Crippen LogP contribution in [-0.4, -0.2) is 68.2 Å². The van der Waals surface area contributed by atoms with Crippen LogP contribution in [-0.2, 0) is 9.53 Å². The molecular weight excluding hydrogens is 346 g/mol. The van der Waals surface area contributed by atoms with Crippen LogP contribution >= 0.6 is 0 Å². The van der Waals surface area contributed by atoms with E-state index in [1.165, 1.54) is 4.90 Å². The van der Waals surface area contributed by atoms with E-state index in [0.717, 1.165) is 32.2 Å². The number of carbonyl (C=O) groups excluding carboxylic acids is 2. The molecule has 1 unspecified atom stereocenters. The Kier molecular flexibility index (Phi) is 12.2. The van der Waals surface area contributed by atoms with Crippen molar-refractivity contribution in [3.63, 3.8) is 0 Å². The number of unbranched alkanes of at least 4 members (excludes halogenated alkanes) is 1. The molecule has 3 N–H and O–H groups in total. The second-order valence-electron chi connectivity index (χ2n) is 7.75. The van der Waals surface area contributed by atoms with Crippen LogP contribution in [0.5, 0.6) is 0 Å². The fourth-order valence-electron chi connectivity index (χ4n) is 2.07. The predicted octanol–water partition coefficient (Wildman–Crippen LogP) is 2.10. The molecule has 0 fully saturated rings. The Balaban J connectivity index is 4.90. The Labute approximate surface area is 164 Å². The van der Waals surface area contributed by atoms with E-state index in [9.17, 15) is 9.59 Å². The molecule has 0 aromatic rings. The van der Waals surface area contributed by atoms with Crippen molar-refractivity contribution in [2.24, 2.45) is 4.99 Å². The fourth-order valence-corrected chi connectivity index (χ4v) is 2.07. The molecule has 27 heavy (non-hydrogen) atoms. The predicted molar refractivity (Wildman–Crippen MR) is 110 cm³/mol. The average molecular weight is 386 g/mol. The van der Waals surface area contributed by atoms with Gasteiger partial charge >= 0.3 is 6.09 Å². The molecule has 0 saturated heterocycles. The van der Waals surface area contributed by atoms with Gasteiger partial charge in [0.15, 0.2) is 5.96 Å². The number of ether oxygens (including phenoxy) is 1. The molecular formula is C19H39N5O3. The lowest BCUT2D eigenvalue weighted by Gasteiger charge is -2.24. The van der Waals surface area contributed by atoms with E-state index in [4.69, 9.17) is 4.74 Å². The van der Waals surface area contributed by atoms with Crippen LogP contribution in [0.1, 0.15) is 60.3 Å². The average Bonchev–Trinajstić information content (AvgIpc) is 2.57. The number of likely N-dealkylation sites (N-methyl/N-ethyl adjacent to an activating group) is 1. The minimum atomic E-state index is -0.529. The number of amides is 2. The van der Waals surface area contributed by atoms with Gasteiger partial charge in [-0.2, -0.15) is 0 Å². The van der Waals surface area contributed by atoms with Gasteiger partial charge in [0.2, 0.25) is 5.91 Å². The highest BCUT2D eigenvalue weighted by Gasteiger charge is 2.18. The summed E-state index contributed by atoms with van der Waals surface area (Å²) in [6.07, 6.45) is 3.46. The molecule has 0 aliphatic rings. The highest BCUT2D eigenvalue weighted by molar-refractivity contribution is 5.85. The number of aliphatic imine (C=N–C) groups is 1. The van der Waals surface area contributed by atoms with Gasteiger partial charge in [0.25, 0.3) is 0 Å². The Bertz CT molecular complexity index is 472. The SMILES string of the molecule is CCCCC(CNC(=O)OC(C)(C)C)NC(=NCC(=O)N(C)C)NCCC. The number of hydrogen-bond acceptors (Lipinski definition) is 4. The third-order valence-electron chi connectivity index (χ3n) is 3.55. The van der Waals surface area contributed by atoms with Gasteiger partial charge in [-0.05, 0) is 33.6 Å². The van der Waals surface area contributed by atoms with Gasteiger partial charge in [-0.25, -0.2) is 9.79 Å². The van der Waals surface area contributed by atoms with E-state index in [-0.39, 0.29) is 18.5 Å². The van der Waals surface area contributed by atoms with Crippen molar-refractivity contribution in [1.82, 2.24) is 20.9 Å². The minimum absolute atomic E-state index is 0.00460. The van der Waals surface area contributed by atoms with Gasteiger partial charge in [0.1, 0.15) is 12.1 Å². The molecule has 0 aliphatic heterocycles. The Morgan fingerprint density at radius 3 is 2.30 bits per heavy atom. The molecule has 1 atom stereocenters.